The maximum atomic E-state index is 12.4. The lowest BCUT2D eigenvalue weighted by Gasteiger charge is -2.28. The van der Waals surface area contributed by atoms with E-state index in [4.69, 9.17) is 4.74 Å². The van der Waals surface area contributed by atoms with E-state index < -0.39 is 11.9 Å². The van der Waals surface area contributed by atoms with E-state index in [2.05, 4.69) is 5.32 Å². The van der Waals surface area contributed by atoms with E-state index in [1.165, 1.54) is 4.90 Å². The van der Waals surface area contributed by atoms with Crippen molar-refractivity contribution in [1.29, 1.82) is 0 Å². The van der Waals surface area contributed by atoms with E-state index >= 15 is 0 Å². The maximum absolute atomic E-state index is 12.4. The Morgan fingerprint density at radius 3 is 2.65 bits per heavy atom. The molecule has 1 atom stereocenters. The van der Waals surface area contributed by atoms with Gasteiger partial charge in [-0.15, -0.1) is 0 Å². The highest BCUT2D eigenvalue weighted by atomic mass is 16.5. The summed E-state index contributed by atoms with van der Waals surface area (Å²) in [6.45, 7) is 3.91. The molecule has 0 radical (unpaired) electrons. The number of hydrogen-bond acceptors (Lipinski definition) is 4. The Kier molecular flexibility index (Phi) is 3.92. The molecule has 6 nitrogen and oxygen atoms in total. The molecule has 0 bridgehead atoms. The summed E-state index contributed by atoms with van der Waals surface area (Å²) in [6, 6.07) is -0.586. The molecule has 2 fully saturated rings. The summed E-state index contributed by atoms with van der Waals surface area (Å²) in [5.74, 6) is -0.205. The standard InChI is InChI=1S/C14H18N2O4/c1-4-9-10(8(2)20-3)7-16(14(9)19)11-5-6-12(17)15-13(11)18/h4,11H,5-7H2,1-3H3,(H,15,17,18). The van der Waals surface area contributed by atoms with Gasteiger partial charge in [0, 0.05) is 17.6 Å². The summed E-state index contributed by atoms with van der Waals surface area (Å²) in [4.78, 5) is 37.0. The van der Waals surface area contributed by atoms with Crippen LogP contribution >= 0.6 is 0 Å². The molecule has 0 aliphatic carbocycles. The third-order valence-corrected chi connectivity index (χ3v) is 3.75. The predicted molar refractivity (Wildman–Crippen MR) is 71.4 cm³/mol. The number of rotatable bonds is 2. The lowest BCUT2D eigenvalue weighted by molar-refractivity contribution is -0.142. The number of amides is 3. The van der Waals surface area contributed by atoms with Crippen molar-refractivity contribution in [3.8, 4) is 0 Å². The van der Waals surface area contributed by atoms with Crippen molar-refractivity contribution >= 4 is 17.7 Å². The van der Waals surface area contributed by atoms with Crippen LogP contribution < -0.4 is 5.32 Å². The molecule has 0 aromatic carbocycles. The van der Waals surface area contributed by atoms with Crippen molar-refractivity contribution in [3.05, 3.63) is 23.0 Å². The summed E-state index contributed by atoms with van der Waals surface area (Å²) in [6.07, 6.45) is 2.35. The van der Waals surface area contributed by atoms with Crippen LogP contribution in [0.2, 0.25) is 0 Å². The van der Waals surface area contributed by atoms with Gasteiger partial charge in [0.2, 0.25) is 11.8 Å². The highest BCUT2D eigenvalue weighted by Gasteiger charge is 2.41. The van der Waals surface area contributed by atoms with Crippen LogP contribution in [-0.4, -0.2) is 42.3 Å². The minimum Gasteiger partial charge on any atom is -0.501 e. The summed E-state index contributed by atoms with van der Waals surface area (Å²) < 4.78 is 5.20. The predicted octanol–water partition coefficient (Wildman–Crippen LogP) is 0.500. The van der Waals surface area contributed by atoms with E-state index in [0.717, 1.165) is 5.57 Å². The number of carbonyl (C=O) groups excluding carboxylic acids is 3. The van der Waals surface area contributed by atoms with Gasteiger partial charge in [0.05, 0.1) is 19.4 Å². The van der Waals surface area contributed by atoms with Gasteiger partial charge in [-0.2, -0.15) is 0 Å². The lowest BCUT2D eigenvalue weighted by atomic mass is 10.0. The molecule has 1 N–H and O–H groups in total. The zero-order valence-corrected chi connectivity index (χ0v) is 11.9. The fraction of sp³-hybridized carbons (Fsp3) is 0.500. The number of ether oxygens (including phenoxy) is 1. The summed E-state index contributed by atoms with van der Waals surface area (Å²) in [7, 11) is 1.55. The molecule has 6 heteroatoms. The van der Waals surface area contributed by atoms with Crippen LogP contribution in [0, 0.1) is 0 Å². The monoisotopic (exact) mass is 278 g/mol. The van der Waals surface area contributed by atoms with Crippen LogP contribution in [-0.2, 0) is 19.1 Å². The number of likely N-dealkylation sites (tertiary alicyclic amines) is 1. The topological polar surface area (TPSA) is 75.7 Å². The van der Waals surface area contributed by atoms with Crippen molar-refractivity contribution in [1.82, 2.24) is 10.2 Å². The quantitative estimate of drug-likeness (QED) is 0.453. The second-order valence-electron chi connectivity index (χ2n) is 4.84. The minimum atomic E-state index is -0.586. The van der Waals surface area contributed by atoms with Crippen molar-refractivity contribution in [2.75, 3.05) is 13.7 Å². The van der Waals surface area contributed by atoms with Gasteiger partial charge in [0.1, 0.15) is 6.04 Å². The molecule has 2 aliphatic rings. The van der Waals surface area contributed by atoms with Gasteiger partial charge >= 0.3 is 0 Å². The smallest absolute Gasteiger partial charge is 0.254 e. The normalized spacial score (nSPS) is 27.9. The number of piperidine rings is 1. The second-order valence-corrected chi connectivity index (χ2v) is 4.84. The molecule has 0 aromatic rings. The van der Waals surface area contributed by atoms with Gasteiger partial charge < -0.3 is 9.64 Å². The van der Waals surface area contributed by atoms with Crippen LogP contribution in [0.4, 0.5) is 0 Å². The Bertz CT molecular complexity index is 533. The summed E-state index contributed by atoms with van der Waals surface area (Å²) in [5, 5.41) is 2.28. The van der Waals surface area contributed by atoms with Gasteiger partial charge in [0.25, 0.3) is 5.91 Å². The molecule has 2 saturated heterocycles. The minimum absolute atomic E-state index is 0.187. The van der Waals surface area contributed by atoms with Gasteiger partial charge in [0.15, 0.2) is 0 Å². The second kappa shape index (κ2) is 5.48. The highest BCUT2D eigenvalue weighted by Crippen LogP contribution is 2.30. The third-order valence-electron chi connectivity index (χ3n) is 3.75. The van der Waals surface area contributed by atoms with E-state index in [0.29, 0.717) is 24.3 Å². The van der Waals surface area contributed by atoms with Crippen molar-refractivity contribution in [2.24, 2.45) is 0 Å². The Labute approximate surface area is 117 Å². The lowest BCUT2D eigenvalue weighted by Crippen LogP contribution is -2.52. The molecular weight excluding hydrogens is 260 g/mol. The zero-order valence-electron chi connectivity index (χ0n) is 11.9. The maximum Gasteiger partial charge on any atom is 0.254 e. The summed E-state index contributed by atoms with van der Waals surface area (Å²) in [5.41, 5.74) is 1.36. The largest absolute Gasteiger partial charge is 0.501 e. The van der Waals surface area contributed by atoms with Crippen molar-refractivity contribution < 1.29 is 19.1 Å². The van der Waals surface area contributed by atoms with E-state index in [-0.39, 0.29) is 18.2 Å². The van der Waals surface area contributed by atoms with Gasteiger partial charge in [-0.3, -0.25) is 19.7 Å². The van der Waals surface area contributed by atoms with Crippen LogP contribution in [0.1, 0.15) is 26.7 Å². The van der Waals surface area contributed by atoms with Gasteiger partial charge in [-0.05, 0) is 20.3 Å². The van der Waals surface area contributed by atoms with Gasteiger partial charge in [-0.25, -0.2) is 0 Å². The Morgan fingerprint density at radius 2 is 2.10 bits per heavy atom. The molecule has 3 amide bonds. The molecule has 2 aliphatic heterocycles. The molecule has 0 saturated carbocycles. The SMILES string of the molecule is CC=C1C(=O)N(C2CCC(=O)NC2=O)CC1=C(C)OC. The third kappa shape index (κ3) is 2.33. The molecule has 2 heterocycles. The van der Waals surface area contributed by atoms with E-state index in [9.17, 15) is 14.4 Å². The first-order valence-corrected chi connectivity index (χ1v) is 6.54. The fourth-order valence-electron chi connectivity index (χ4n) is 2.56. The molecule has 0 spiro atoms. The van der Waals surface area contributed by atoms with Crippen LogP contribution in [0.15, 0.2) is 23.0 Å². The first-order valence-electron chi connectivity index (χ1n) is 6.54. The number of carbonyl (C=O) groups is 3. The molecule has 1 unspecified atom stereocenters. The molecule has 108 valence electrons. The molecule has 20 heavy (non-hydrogen) atoms. The number of hydrogen-bond donors (Lipinski definition) is 1. The Balaban J connectivity index is 2.29. The molecule has 2 rings (SSSR count). The van der Waals surface area contributed by atoms with E-state index in [1.807, 2.05) is 0 Å². The highest BCUT2D eigenvalue weighted by molar-refractivity contribution is 6.06. The van der Waals surface area contributed by atoms with E-state index in [1.54, 1.807) is 27.0 Å². The number of methoxy groups -OCH3 is 1. The molecular formula is C14H18N2O4. The Morgan fingerprint density at radius 1 is 1.40 bits per heavy atom. The zero-order chi connectivity index (χ0) is 14.9. The van der Waals surface area contributed by atoms with Crippen molar-refractivity contribution in [3.63, 3.8) is 0 Å². The van der Waals surface area contributed by atoms with Crippen LogP contribution in [0.5, 0.6) is 0 Å². The Hall–Kier alpha value is -2.11. The fourth-order valence-corrected chi connectivity index (χ4v) is 2.56. The summed E-state index contributed by atoms with van der Waals surface area (Å²) >= 11 is 0. The first kappa shape index (κ1) is 14.3. The average molecular weight is 278 g/mol. The van der Waals surface area contributed by atoms with Crippen LogP contribution in [0.3, 0.4) is 0 Å². The number of imide groups is 1. The first-order chi connectivity index (χ1) is 9.49. The van der Waals surface area contributed by atoms with Crippen molar-refractivity contribution in [2.45, 2.75) is 32.7 Å². The average Bonchev–Trinajstić information content (AvgIpc) is 2.75. The number of nitrogens with one attached hydrogen (secondary N) is 1. The van der Waals surface area contributed by atoms with Crippen LogP contribution in [0.25, 0.3) is 0 Å². The molecule has 0 aromatic heterocycles. The van der Waals surface area contributed by atoms with Gasteiger partial charge in [-0.1, -0.05) is 6.08 Å². The number of allylic oxidation sites excluding steroid dienone is 2. The number of nitrogens with zero attached hydrogens (tertiary/aromatic N) is 1.